The second kappa shape index (κ2) is 8.36. The van der Waals surface area contributed by atoms with Crippen molar-refractivity contribution in [3.63, 3.8) is 0 Å². The van der Waals surface area contributed by atoms with Gasteiger partial charge in [-0.15, -0.1) is 11.3 Å². The predicted molar refractivity (Wildman–Crippen MR) is 115 cm³/mol. The van der Waals surface area contributed by atoms with Gasteiger partial charge in [-0.05, 0) is 55.9 Å². The highest BCUT2D eigenvalue weighted by molar-refractivity contribution is 7.89. The zero-order valence-corrected chi connectivity index (χ0v) is 18.3. The smallest absolute Gasteiger partial charge is 0.340 e. The number of alkyl halides is 3. The minimum absolute atomic E-state index is 0.0496. The van der Waals surface area contributed by atoms with Crippen LogP contribution in [0.4, 0.5) is 24.7 Å². The van der Waals surface area contributed by atoms with E-state index in [0.717, 1.165) is 52.1 Å². The van der Waals surface area contributed by atoms with Crippen molar-refractivity contribution in [1.29, 1.82) is 0 Å². The molecule has 2 aromatic heterocycles. The number of sulfonamides is 1. The highest BCUT2D eigenvalue weighted by Gasteiger charge is 2.31. The molecule has 1 unspecified atom stereocenters. The molecule has 2 heterocycles. The summed E-state index contributed by atoms with van der Waals surface area (Å²) < 4.78 is 65.2. The molecule has 0 aliphatic heterocycles. The van der Waals surface area contributed by atoms with Crippen molar-refractivity contribution in [3.8, 4) is 0 Å². The van der Waals surface area contributed by atoms with Crippen molar-refractivity contribution >= 4 is 43.1 Å². The molecule has 0 saturated heterocycles. The minimum atomic E-state index is -4.42. The van der Waals surface area contributed by atoms with Crippen LogP contribution in [-0.4, -0.2) is 30.7 Å². The molecule has 1 aromatic carbocycles. The van der Waals surface area contributed by atoms with Crippen LogP contribution >= 0.6 is 11.3 Å². The largest absolute Gasteiger partial charge is 0.416 e. The van der Waals surface area contributed by atoms with Crippen molar-refractivity contribution in [2.24, 2.45) is 5.92 Å². The first-order valence-corrected chi connectivity index (χ1v) is 12.3. The van der Waals surface area contributed by atoms with Gasteiger partial charge < -0.3 is 5.32 Å². The number of hydrogen-bond acceptors (Lipinski definition) is 6. The second-order valence-corrected chi connectivity index (χ2v) is 10.6. The third-order valence-corrected chi connectivity index (χ3v) is 7.90. The number of aromatic nitrogens is 2. The summed E-state index contributed by atoms with van der Waals surface area (Å²) in [6.07, 6.45) is -0.755. The fourth-order valence-electron chi connectivity index (χ4n) is 3.70. The Bertz CT molecular complexity index is 1210. The van der Waals surface area contributed by atoms with Crippen LogP contribution in [0.2, 0.25) is 0 Å². The third-order valence-electron chi connectivity index (χ3n) is 5.37. The number of aryl methyl sites for hydroxylation is 1. The highest BCUT2D eigenvalue weighted by Crippen LogP contribution is 2.40. The molecule has 0 amide bonds. The lowest BCUT2D eigenvalue weighted by molar-refractivity contribution is -0.137. The van der Waals surface area contributed by atoms with E-state index in [2.05, 4.69) is 20.0 Å². The van der Waals surface area contributed by atoms with E-state index in [1.807, 2.05) is 0 Å². The fraction of sp³-hybridized carbons (Fsp3) is 0.400. The first-order valence-electron chi connectivity index (χ1n) is 9.83. The summed E-state index contributed by atoms with van der Waals surface area (Å²) in [5, 5.41) is 3.85. The van der Waals surface area contributed by atoms with Crippen LogP contribution in [-0.2, 0) is 29.0 Å². The summed E-state index contributed by atoms with van der Waals surface area (Å²) in [5.74, 6) is 0.718. The van der Waals surface area contributed by atoms with Crippen LogP contribution in [0.5, 0.6) is 0 Å². The van der Waals surface area contributed by atoms with Crippen LogP contribution < -0.4 is 10.0 Å². The van der Waals surface area contributed by atoms with Crippen LogP contribution in [0.25, 0.3) is 10.2 Å². The van der Waals surface area contributed by atoms with E-state index in [1.165, 1.54) is 23.7 Å². The van der Waals surface area contributed by atoms with Gasteiger partial charge in [-0.2, -0.15) is 13.2 Å². The van der Waals surface area contributed by atoms with E-state index in [9.17, 15) is 21.6 Å². The van der Waals surface area contributed by atoms with Crippen LogP contribution in [0.15, 0.2) is 30.6 Å². The molecule has 1 aliphatic carbocycles. The average Bonchev–Trinajstić information content (AvgIpc) is 3.11. The molecule has 11 heteroatoms. The Balaban J connectivity index is 1.60. The molecule has 31 heavy (non-hydrogen) atoms. The molecular formula is C20H21F3N4O2S2. The maximum Gasteiger partial charge on any atom is 0.416 e. The van der Waals surface area contributed by atoms with Gasteiger partial charge in [-0.1, -0.05) is 6.07 Å². The van der Waals surface area contributed by atoms with E-state index in [-0.39, 0.29) is 11.7 Å². The lowest BCUT2D eigenvalue weighted by atomic mass is 9.88. The molecule has 1 aliphatic rings. The van der Waals surface area contributed by atoms with E-state index >= 15 is 0 Å². The predicted octanol–water partition coefficient (Wildman–Crippen LogP) is 4.50. The van der Waals surface area contributed by atoms with Crippen molar-refractivity contribution in [1.82, 2.24) is 14.7 Å². The Morgan fingerprint density at radius 2 is 2.06 bits per heavy atom. The lowest BCUT2D eigenvalue weighted by Crippen LogP contribution is -2.32. The number of fused-ring (bicyclic) bond motifs is 3. The molecule has 0 bridgehead atoms. The zero-order valence-electron chi connectivity index (χ0n) is 16.7. The number of thiophene rings is 1. The first-order chi connectivity index (χ1) is 14.7. The molecule has 6 nitrogen and oxygen atoms in total. The first kappa shape index (κ1) is 22.0. The third kappa shape index (κ3) is 4.83. The van der Waals surface area contributed by atoms with Gasteiger partial charge in [0.05, 0.1) is 16.7 Å². The quantitative estimate of drug-likeness (QED) is 0.554. The van der Waals surface area contributed by atoms with E-state index in [0.29, 0.717) is 18.1 Å². The maximum atomic E-state index is 13.0. The molecule has 4 rings (SSSR count). The van der Waals surface area contributed by atoms with Crippen molar-refractivity contribution in [2.45, 2.75) is 32.4 Å². The summed E-state index contributed by atoms with van der Waals surface area (Å²) in [6, 6.07) is 5.01. The van der Waals surface area contributed by atoms with Gasteiger partial charge in [-0.25, -0.2) is 23.1 Å². The monoisotopic (exact) mass is 470 g/mol. The molecule has 2 N–H and O–H groups in total. The summed E-state index contributed by atoms with van der Waals surface area (Å²) in [7, 11) is -3.24. The Hall–Kier alpha value is -2.24. The Labute approximate surface area is 182 Å². The van der Waals surface area contributed by atoms with Gasteiger partial charge in [0.15, 0.2) is 0 Å². The summed E-state index contributed by atoms with van der Waals surface area (Å²) >= 11 is 1.53. The number of anilines is 2. The normalized spacial score (nSPS) is 17.0. The van der Waals surface area contributed by atoms with Crippen molar-refractivity contribution in [2.75, 3.05) is 17.6 Å². The molecule has 166 valence electrons. The number of nitrogens with one attached hydrogen (secondary N) is 2. The van der Waals surface area contributed by atoms with Crippen molar-refractivity contribution in [3.05, 3.63) is 46.6 Å². The van der Waals surface area contributed by atoms with Gasteiger partial charge in [-0.3, -0.25) is 0 Å². The van der Waals surface area contributed by atoms with E-state index < -0.39 is 21.8 Å². The highest BCUT2D eigenvalue weighted by atomic mass is 32.2. The minimum Gasteiger partial charge on any atom is -0.340 e. The molecule has 0 fully saturated rings. The molecule has 0 spiro atoms. The van der Waals surface area contributed by atoms with E-state index in [1.54, 1.807) is 13.0 Å². The Morgan fingerprint density at radius 1 is 1.26 bits per heavy atom. The number of benzene rings is 1. The van der Waals surface area contributed by atoms with Gasteiger partial charge in [0.2, 0.25) is 10.0 Å². The average molecular weight is 471 g/mol. The summed E-state index contributed by atoms with van der Waals surface area (Å²) in [5.41, 5.74) is 0.662. The van der Waals surface area contributed by atoms with Gasteiger partial charge in [0.1, 0.15) is 17.0 Å². The fourth-order valence-corrected chi connectivity index (χ4v) is 5.70. The molecule has 1 atom stereocenters. The molecule has 0 radical (unpaired) electrons. The standard InChI is InChI=1S/C20H21F3N4O2S2/c1-2-31(28,29)26-10-12-6-7-15-16(8-12)30-19-17(15)18(24-11-25-19)27-14-5-3-4-13(9-14)20(21,22)23/h3-5,9,11-12,26H,2,6-8,10H2,1H3,(H,24,25,27). The number of rotatable bonds is 6. The van der Waals surface area contributed by atoms with Crippen LogP contribution in [0.3, 0.4) is 0 Å². The van der Waals surface area contributed by atoms with Crippen molar-refractivity contribution < 1.29 is 21.6 Å². The van der Waals surface area contributed by atoms with E-state index in [4.69, 9.17) is 0 Å². The second-order valence-electron chi connectivity index (χ2n) is 7.47. The van der Waals surface area contributed by atoms with Crippen LogP contribution in [0.1, 0.15) is 29.3 Å². The number of nitrogens with zero attached hydrogens (tertiary/aromatic N) is 2. The number of hydrogen-bond donors (Lipinski definition) is 2. The SMILES string of the molecule is CCS(=O)(=O)NCC1CCc2c(sc3ncnc(Nc4cccc(C(F)(F)F)c4)c23)C1. The molecule has 3 aromatic rings. The topological polar surface area (TPSA) is 84.0 Å². The lowest BCUT2D eigenvalue weighted by Gasteiger charge is -2.22. The summed E-state index contributed by atoms with van der Waals surface area (Å²) in [4.78, 5) is 10.5. The molecular weight excluding hydrogens is 449 g/mol. The maximum absolute atomic E-state index is 13.0. The summed E-state index contributed by atoms with van der Waals surface area (Å²) in [6.45, 7) is 2.00. The van der Waals surface area contributed by atoms with Gasteiger partial charge in [0, 0.05) is 17.1 Å². The zero-order chi connectivity index (χ0) is 22.2. The van der Waals surface area contributed by atoms with Crippen LogP contribution in [0, 0.1) is 5.92 Å². The Morgan fingerprint density at radius 3 is 2.81 bits per heavy atom. The molecule has 0 saturated carbocycles. The Kier molecular flexibility index (Phi) is 5.93. The van der Waals surface area contributed by atoms with Gasteiger partial charge in [0.25, 0.3) is 0 Å². The van der Waals surface area contributed by atoms with Gasteiger partial charge >= 0.3 is 6.18 Å². The number of halogens is 3.